The van der Waals surface area contributed by atoms with Crippen LogP contribution in [0, 0.1) is 0 Å². The molecular weight excluding hydrogens is 909 g/mol. The van der Waals surface area contributed by atoms with Crippen molar-refractivity contribution in [3.05, 3.63) is 42.0 Å². The Morgan fingerprint density at radius 3 is 1.07 bits per heavy atom. The van der Waals surface area contributed by atoms with E-state index in [-0.39, 0.29) is 0 Å². The monoisotopic (exact) mass is 998 g/mol. The van der Waals surface area contributed by atoms with E-state index in [0.29, 0.717) is 0 Å². The Kier molecular flexibility index (Phi) is 21.9. The highest BCUT2D eigenvalue weighted by molar-refractivity contribution is 6.93. The molecule has 334 valence electrons. The second-order valence-electron chi connectivity index (χ2n) is 22.7. The summed E-state index contributed by atoms with van der Waals surface area (Å²) in [5.74, 6) is 0. The van der Waals surface area contributed by atoms with Crippen LogP contribution >= 0.6 is 0 Å². The number of benzene rings is 1. The largest absolute Gasteiger partial charge is 0.469 e. The first-order valence-electron chi connectivity index (χ1n) is 21.6. The van der Waals surface area contributed by atoms with Crippen molar-refractivity contribution < 1.29 is 32.9 Å². The second-order valence-corrected chi connectivity index (χ2v) is 69.0. The van der Waals surface area contributed by atoms with E-state index in [2.05, 4.69) is 168 Å². The summed E-state index contributed by atoms with van der Waals surface area (Å²) in [4.78, 5) is 0. The van der Waals surface area contributed by atoms with Crippen LogP contribution in [0.25, 0.3) is 6.08 Å². The zero-order valence-electron chi connectivity index (χ0n) is 40.9. The summed E-state index contributed by atoms with van der Waals surface area (Å²) in [6.45, 7) is 52.5. The molecule has 0 amide bonds. The molecule has 8 nitrogen and oxygen atoms in total. The summed E-state index contributed by atoms with van der Waals surface area (Å²) in [6.07, 6.45) is 2.75. The molecule has 0 aromatic heterocycles. The fourth-order valence-electron chi connectivity index (χ4n) is 6.57. The van der Waals surface area contributed by atoms with Crippen molar-refractivity contribution in [2.75, 3.05) is 0 Å². The van der Waals surface area contributed by atoms with Crippen LogP contribution < -0.4 is 0 Å². The van der Waals surface area contributed by atoms with Crippen LogP contribution in [0.4, 0.5) is 0 Å². The van der Waals surface area contributed by atoms with Crippen molar-refractivity contribution in [1.82, 2.24) is 0 Å². The summed E-state index contributed by atoms with van der Waals surface area (Å²) >= 11 is 0. The van der Waals surface area contributed by atoms with Crippen LogP contribution in [-0.4, -0.2) is 104 Å². The lowest BCUT2D eigenvalue weighted by Crippen LogP contribution is -2.63. The third-order valence-electron chi connectivity index (χ3n) is 8.57. The molecule has 1 aromatic rings. The van der Waals surface area contributed by atoms with Gasteiger partial charge < -0.3 is 32.9 Å². The average molecular weight is 1000 g/mol. The van der Waals surface area contributed by atoms with E-state index in [1.165, 1.54) is 5.56 Å². The number of hydrogen-bond acceptors (Lipinski definition) is 8. The highest BCUT2D eigenvalue weighted by Gasteiger charge is 2.55. The number of rotatable bonds is 29. The molecule has 57 heavy (non-hydrogen) atoms. The first kappa shape index (κ1) is 56.3. The SMILES string of the molecule is C=Cc1ccc(CC[Si](O[Si](C)(C)CC[SiH2]O[Si](C)(C)C)(O[Si](C)(C)CC[SiH2]O[Si](C)(C)C)O[Si](C)(C)CC[Si](O[Si](C)(C)C)(O[Si](C)(C)C)O[Si](C)(C)C)cc1. The molecule has 0 heterocycles. The minimum Gasteiger partial charge on any atom is -0.461 e. The molecule has 0 unspecified atom stereocenters. The van der Waals surface area contributed by atoms with Gasteiger partial charge in [0.25, 0.3) is 0 Å². The first-order chi connectivity index (χ1) is 25.4. The zero-order valence-corrected chi connectivity index (χ0v) is 53.8. The van der Waals surface area contributed by atoms with Crippen LogP contribution in [0.1, 0.15) is 11.1 Å². The van der Waals surface area contributed by atoms with Gasteiger partial charge in [0, 0.05) is 12.1 Å². The van der Waals surface area contributed by atoms with Crippen molar-refractivity contribution >= 4 is 110 Å². The second kappa shape index (κ2) is 22.2. The van der Waals surface area contributed by atoms with Crippen molar-refractivity contribution in [2.24, 2.45) is 0 Å². The van der Waals surface area contributed by atoms with E-state index in [1.54, 1.807) is 0 Å². The van der Waals surface area contributed by atoms with Crippen LogP contribution in [0.2, 0.25) is 180 Å². The third-order valence-corrected chi connectivity index (χ3v) is 48.1. The summed E-state index contributed by atoms with van der Waals surface area (Å²) in [6, 6.07) is 15.6. The van der Waals surface area contributed by atoms with E-state index >= 15 is 0 Å². The van der Waals surface area contributed by atoms with Crippen LogP contribution in [0.15, 0.2) is 30.8 Å². The lowest BCUT2D eigenvalue weighted by molar-refractivity contribution is 0.240. The van der Waals surface area contributed by atoms with Crippen LogP contribution in [0.5, 0.6) is 0 Å². The van der Waals surface area contributed by atoms with E-state index in [9.17, 15) is 0 Å². The van der Waals surface area contributed by atoms with Crippen LogP contribution in [-0.2, 0) is 39.3 Å². The predicted octanol–water partition coefficient (Wildman–Crippen LogP) is 11.7. The molecule has 0 N–H and O–H groups in total. The quantitative estimate of drug-likeness (QED) is 0.0581. The maximum Gasteiger partial charge on any atom is 0.469 e. The lowest BCUT2D eigenvalue weighted by atomic mass is 10.1. The minimum absolute atomic E-state index is 0.620. The molecule has 0 aliphatic heterocycles. The van der Waals surface area contributed by atoms with E-state index in [1.807, 2.05) is 6.08 Å². The highest BCUT2D eigenvalue weighted by Crippen LogP contribution is 2.37. The van der Waals surface area contributed by atoms with E-state index in [0.717, 1.165) is 54.3 Å². The maximum atomic E-state index is 7.82. The third kappa shape index (κ3) is 27.1. The van der Waals surface area contributed by atoms with Gasteiger partial charge in [-0.1, -0.05) is 36.9 Å². The Labute approximate surface area is 368 Å². The summed E-state index contributed by atoms with van der Waals surface area (Å²) in [7, 11) is -23.7. The molecule has 0 atom stereocenters. The predicted molar refractivity (Wildman–Crippen MR) is 280 cm³/mol. The van der Waals surface area contributed by atoms with Crippen molar-refractivity contribution in [2.45, 2.75) is 186 Å². The molecule has 1 aromatic carbocycles. The van der Waals surface area contributed by atoms with Gasteiger partial charge in [-0.15, -0.1) is 0 Å². The maximum absolute atomic E-state index is 7.82. The molecule has 0 fully saturated rings. The Morgan fingerprint density at radius 2 is 0.754 bits per heavy atom. The molecule has 1 rings (SSSR count). The van der Waals surface area contributed by atoms with Gasteiger partial charge in [-0.05, 0) is 185 Å². The molecule has 20 heteroatoms. The topological polar surface area (TPSA) is 73.8 Å². The highest BCUT2D eigenvalue weighted by atomic mass is 28.5. The van der Waals surface area contributed by atoms with Crippen molar-refractivity contribution in [3.8, 4) is 0 Å². The van der Waals surface area contributed by atoms with E-state index in [4.69, 9.17) is 32.9 Å². The first-order valence-corrected chi connectivity index (χ1v) is 55.0. The number of aryl methyl sites for hydroxylation is 1. The molecular formula is C37H90O8Si12. The fraction of sp³-hybridized carbons (Fsp3) is 0.784. The molecule has 0 aliphatic carbocycles. The Balaban J connectivity index is 3.80. The molecule has 0 radical (unpaired) electrons. The van der Waals surface area contributed by atoms with Gasteiger partial charge in [0.15, 0.2) is 66.5 Å². The van der Waals surface area contributed by atoms with E-state index < -0.39 is 104 Å². The number of hydrogen-bond donors (Lipinski definition) is 0. The lowest BCUT2D eigenvalue weighted by Gasteiger charge is -2.46. The summed E-state index contributed by atoms with van der Waals surface area (Å²) in [5, 5.41) is 0. The normalized spacial score (nSPS) is 15.9. The van der Waals surface area contributed by atoms with Gasteiger partial charge in [0.1, 0.15) is 19.5 Å². The van der Waals surface area contributed by atoms with Gasteiger partial charge in [-0.25, -0.2) is 0 Å². The molecule has 0 aliphatic rings. The summed E-state index contributed by atoms with van der Waals surface area (Å²) in [5.41, 5.74) is 2.41. The van der Waals surface area contributed by atoms with Crippen LogP contribution in [0.3, 0.4) is 0 Å². The minimum atomic E-state index is -3.29. The Morgan fingerprint density at radius 1 is 0.421 bits per heavy atom. The van der Waals surface area contributed by atoms with Gasteiger partial charge in [0.05, 0.1) is 0 Å². The Hall–Kier alpha value is 1.24. The molecule has 0 saturated heterocycles. The van der Waals surface area contributed by atoms with Gasteiger partial charge in [-0.2, -0.15) is 0 Å². The Bertz CT molecular complexity index is 1270. The summed E-state index contributed by atoms with van der Waals surface area (Å²) < 4.78 is 57.7. The molecule has 0 bridgehead atoms. The molecule has 0 saturated carbocycles. The average Bonchev–Trinajstić information content (AvgIpc) is 2.96. The molecule has 0 spiro atoms. The van der Waals surface area contributed by atoms with Crippen molar-refractivity contribution in [3.63, 3.8) is 0 Å². The fourth-order valence-corrected chi connectivity index (χ4v) is 53.0. The standard InChI is InChI=1S/C37H90O8Si12/c1-23-36-24-26-37(27-25-36)28-31-56(43-53(17,18)32-29-46-38-48(2,3)4,44-54(19,20)33-30-47-39-49(5,6)7)45-55(21,22)34-35-57(40-50(8,9)10,41-51(11,12)13)42-52(14,15)16/h23-27H,1,28-35,46-47H2,2-22H3. The van der Waals surface area contributed by atoms with Gasteiger partial charge in [-0.3, -0.25) is 0 Å². The van der Waals surface area contributed by atoms with Gasteiger partial charge >= 0.3 is 17.6 Å². The van der Waals surface area contributed by atoms with Gasteiger partial charge in [0.2, 0.25) is 0 Å². The zero-order chi connectivity index (χ0) is 44.4. The van der Waals surface area contributed by atoms with Crippen molar-refractivity contribution in [1.29, 1.82) is 0 Å². The smallest absolute Gasteiger partial charge is 0.461 e.